The highest BCUT2D eigenvalue weighted by molar-refractivity contribution is 7.90. The monoisotopic (exact) mass is 410 g/mol. The molecule has 0 unspecified atom stereocenters. The molecule has 0 radical (unpaired) electrons. The van der Waals surface area contributed by atoms with E-state index < -0.39 is 10.0 Å². The SMILES string of the molecule is COC(=O)CCCc1cc2cc(Cl)ccc2n1S(=O)(=O)c1c(C)noc1C. The molecule has 0 atom stereocenters. The molecule has 2 heterocycles. The predicted octanol–water partition coefficient (Wildman–Crippen LogP) is 3.63. The summed E-state index contributed by atoms with van der Waals surface area (Å²) in [5, 5.41) is 4.97. The van der Waals surface area contributed by atoms with E-state index in [1.165, 1.54) is 11.1 Å². The summed E-state index contributed by atoms with van der Waals surface area (Å²) >= 11 is 6.06. The van der Waals surface area contributed by atoms with Gasteiger partial charge in [0.25, 0.3) is 10.0 Å². The Kier molecular flexibility index (Phi) is 5.30. The van der Waals surface area contributed by atoms with Crippen molar-refractivity contribution in [1.29, 1.82) is 0 Å². The Morgan fingerprint density at radius 1 is 1.30 bits per heavy atom. The summed E-state index contributed by atoms with van der Waals surface area (Å²) in [5.74, 6) is -0.113. The van der Waals surface area contributed by atoms with Gasteiger partial charge in [-0.15, -0.1) is 0 Å². The van der Waals surface area contributed by atoms with Gasteiger partial charge in [-0.25, -0.2) is 12.4 Å². The van der Waals surface area contributed by atoms with E-state index in [9.17, 15) is 13.2 Å². The van der Waals surface area contributed by atoms with Crippen molar-refractivity contribution in [2.75, 3.05) is 7.11 Å². The molecule has 0 fully saturated rings. The highest BCUT2D eigenvalue weighted by atomic mass is 35.5. The Bertz CT molecular complexity index is 1090. The van der Waals surface area contributed by atoms with Crippen LogP contribution in [0.1, 0.15) is 30.0 Å². The number of hydrogen-bond acceptors (Lipinski definition) is 6. The Hall–Kier alpha value is -2.32. The van der Waals surface area contributed by atoms with Gasteiger partial charge in [-0.05, 0) is 51.0 Å². The van der Waals surface area contributed by atoms with E-state index in [4.69, 9.17) is 16.1 Å². The number of halogens is 1. The van der Waals surface area contributed by atoms with Gasteiger partial charge in [-0.1, -0.05) is 16.8 Å². The zero-order valence-corrected chi connectivity index (χ0v) is 16.7. The molecule has 0 saturated heterocycles. The number of methoxy groups -OCH3 is 1. The van der Waals surface area contributed by atoms with Crippen LogP contribution >= 0.6 is 11.6 Å². The maximum absolute atomic E-state index is 13.4. The Morgan fingerprint density at radius 3 is 2.67 bits per heavy atom. The van der Waals surface area contributed by atoms with Crippen LogP contribution in [-0.2, 0) is 26.0 Å². The minimum Gasteiger partial charge on any atom is -0.469 e. The number of carbonyl (C=O) groups is 1. The summed E-state index contributed by atoms with van der Waals surface area (Å²) in [6, 6.07) is 6.78. The van der Waals surface area contributed by atoms with Crippen LogP contribution in [-0.4, -0.2) is 30.6 Å². The molecule has 1 aromatic carbocycles. The molecule has 2 aromatic heterocycles. The lowest BCUT2D eigenvalue weighted by Gasteiger charge is -2.11. The van der Waals surface area contributed by atoms with Gasteiger partial charge in [0.2, 0.25) is 0 Å². The normalized spacial score (nSPS) is 11.9. The van der Waals surface area contributed by atoms with Crippen molar-refractivity contribution in [3.8, 4) is 0 Å². The van der Waals surface area contributed by atoms with Gasteiger partial charge in [0, 0.05) is 22.5 Å². The van der Waals surface area contributed by atoms with Crippen LogP contribution in [0.25, 0.3) is 10.9 Å². The number of benzene rings is 1. The zero-order valence-electron chi connectivity index (χ0n) is 15.2. The van der Waals surface area contributed by atoms with Gasteiger partial charge in [-0.2, -0.15) is 0 Å². The first-order valence-electron chi connectivity index (χ1n) is 8.31. The first-order chi connectivity index (χ1) is 12.8. The van der Waals surface area contributed by atoms with Crippen molar-refractivity contribution < 1.29 is 22.5 Å². The first kappa shape index (κ1) is 19.4. The van der Waals surface area contributed by atoms with Gasteiger partial charge < -0.3 is 9.26 Å². The fourth-order valence-electron chi connectivity index (χ4n) is 3.13. The number of hydrogen-bond donors (Lipinski definition) is 0. The number of ether oxygens (including phenoxy) is 1. The van der Waals surface area contributed by atoms with Crippen LogP contribution in [0.2, 0.25) is 5.02 Å². The number of aromatic nitrogens is 2. The van der Waals surface area contributed by atoms with E-state index in [2.05, 4.69) is 9.89 Å². The van der Waals surface area contributed by atoms with E-state index in [0.29, 0.717) is 40.2 Å². The molecule has 0 bridgehead atoms. The minimum atomic E-state index is -3.94. The summed E-state index contributed by atoms with van der Waals surface area (Å²) in [6.45, 7) is 3.15. The number of carbonyl (C=O) groups excluding carboxylic acids is 1. The highest BCUT2D eigenvalue weighted by Crippen LogP contribution is 2.31. The molecule has 3 aromatic rings. The summed E-state index contributed by atoms with van der Waals surface area (Å²) in [7, 11) is -2.62. The largest absolute Gasteiger partial charge is 0.469 e. The molecule has 0 saturated carbocycles. The third-order valence-corrected chi connectivity index (χ3v) is 6.54. The second kappa shape index (κ2) is 7.36. The van der Waals surface area contributed by atoms with E-state index in [-0.39, 0.29) is 23.0 Å². The maximum atomic E-state index is 13.4. The van der Waals surface area contributed by atoms with Crippen LogP contribution < -0.4 is 0 Å². The van der Waals surface area contributed by atoms with Gasteiger partial charge >= 0.3 is 5.97 Å². The standard InChI is InChI=1S/C18H19ClN2O5S/c1-11-18(12(2)26-20-11)27(23,24)21-15(5-4-6-17(22)25-3)10-13-9-14(19)7-8-16(13)21/h7-10H,4-6H2,1-3H3. The molecule has 0 amide bonds. The number of nitrogens with zero attached hydrogens (tertiary/aromatic N) is 2. The summed E-state index contributed by atoms with van der Waals surface area (Å²) in [4.78, 5) is 11.4. The van der Waals surface area contributed by atoms with Crippen molar-refractivity contribution >= 4 is 38.5 Å². The average molecular weight is 411 g/mol. The topological polar surface area (TPSA) is 91.4 Å². The fourth-order valence-corrected chi connectivity index (χ4v) is 5.18. The molecule has 0 aliphatic rings. The van der Waals surface area contributed by atoms with Crippen molar-refractivity contribution in [2.24, 2.45) is 0 Å². The van der Waals surface area contributed by atoms with E-state index in [1.54, 1.807) is 38.1 Å². The zero-order chi connectivity index (χ0) is 19.8. The second-order valence-electron chi connectivity index (χ2n) is 6.19. The van der Waals surface area contributed by atoms with Crippen LogP contribution in [0.3, 0.4) is 0 Å². The summed E-state index contributed by atoms with van der Waals surface area (Å²) < 4.78 is 37.8. The lowest BCUT2D eigenvalue weighted by molar-refractivity contribution is -0.140. The molecule has 9 heteroatoms. The highest BCUT2D eigenvalue weighted by Gasteiger charge is 2.29. The Labute approximate surface area is 161 Å². The Morgan fingerprint density at radius 2 is 2.04 bits per heavy atom. The van der Waals surface area contributed by atoms with Crippen molar-refractivity contribution in [2.45, 2.75) is 38.0 Å². The summed E-state index contributed by atoms with van der Waals surface area (Å²) in [6.07, 6.45) is 1.03. The molecule has 0 aliphatic carbocycles. The van der Waals surface area contributed by atoms with Gasteiger partial charge in [0.15, 0.2) is 10.7 Å². The van der Waals surface area contributed by atoms with Crippen LogP contribution in [0.15, 0.2) is 33.7 Å². The van der Waals surface area contributed by atoms with Crippen LogP contribution in [0.5, 0.6) is 0 Å². The molecule has 0 N–H and O–H groups in total. The van der Waals surface area contributed by atoms with E-state index in [1.807, 2.05) is 0 Å². The molecule has 27 heavy (non-hydrogen) atoms. The Balaban J connectivity index is 2.15. The lowest BCUT2D eigenvalue weighted by Crippen LogP contribution is -2.17. The van der Waals surface area contributed by atoms with Crippen LogP contribution in [0, 0.1) is 13.8 Å². The maximum Gasteiger partial charge on any atom is 0.305 e. The number of rotatable bonds is 6. The van der Waals surface area contributed by atoms with Crippen molar-refractivity contribution in [1.82, 2.24) is 9.13 Å². The number of esters is 1. The molecule has 3 rings (SSSR count). The first-order valence-corrected chi connectivity index (χ1v) is 10.1. The average Bonchev–Trinajstić information content (AvgIpc) is 3.14. The van der Waals surface area contributed by atoms with Crippen molar-refractivity contribution in [3.63, 3.8) is 0 Å². The molecule has 0 aliphatic heterocycles. The lowest BCUT2D eigenvalue weighted by atomic mass is 10.2. The molecule has 7 nitrogen and oxygen atoms in total. The third-order valence-electron chi connectivity index (χ3n) is 4.30. The molecule has 0 spiro atoms. The van der Waals surface area contributed by atoms with Gasteiger partial charge in [-0.3, -0.25) is 4.79 Å². The predicted molar refractivity (Wildman–Crippen MR) is 100 cm³/mol. The van der Waals surface area contributed by atoms with E-state index in [0.717, 1.165) is 0 Å². The number of fused-ring (bicyclic) bond motifs is 1. The fraction of sp³-hybridized carbons (Fsp3) is 0.333. The third kappa shape index (κ3) is 3.59. The van der Waals surface area contributed by atoms with E-state index >= 15 is 0 Å². The van der Waals surface area contributed by atoms with Crippen LogP contribution in [0.4, 0.5) is 0 Å². The number of aryl methyl sites for hydroxylation is 3. The summed E-state index contributed by atoms with van der Waals surface area (Å²) in [5.41, 5.74) is 1.35. The molecular formula is C18H19ClN2O5S. The second-order valence-corrected chi connectivity index (χ2v) is 8.35. The molecular weight excluding hydrogens is 392 g/mol. The quantitative estimate of drug-likeness (QED) is 0.576. The van der Waals surface area contributed by atoms with Gasteiger partial charge in [0.1, 0.15) is 5.69 Å². The smallest absolute Gasteiger partial charge is 0.305 e. The van der Waals surface area contributed by atoms with Gasteiger partial charge in [0.05, 0.1) is 12.6 Å². The minimum absolute atomic E-state index is 0.0455. The van der Waals surface area contributed by atoms with Crippen molar-refractivity contribution in [3.05, 3.63) is 46.4 Å². The molecule has 144 valence electrons.